The quantitative estimate of drug-likeness (QED) is 0.798. The van der Waals surface area contributed by atoms with Crippen LogP contribution in [0.15, 0.2) is 42.6 Å². The van der Waals surface area contributed by atoms with Crippen molar-refractivity contribution in [2.24, 2.45) is 0 Å². The molecule has 8 heteroatoms. The topological polar surface area (TPSA) is 55.3 Å². The Morgan fingerprint density at radius 3 is 2.74 bits per heavy atom. The maximum Gasteiger partial charge on any atom is 0.433 e. The number of amides is 1. The highest BCUT2D eigenvalue weighted by molar-refractivity contribution is 5.76. The first kappa shape index (κ1) is 19.1. The first-order valence-corrected chi connectivity index (χ1v) is 8.80. The summed E-state index contributed by atoms with van der Waals surface area (Å²) < 4.78 is 43.7. The van der Waals surface area contributed by atoms with Crippen LogP contribution in [0, 0.1) is 0 Å². The number of carbonyl (C=O) groups is 1. The Bertz CT molecular complexity index is 768. The van der Waals surface area contributed by atoms with Crippen LogP contribution in [0.2, 0.25) is 0 Å². The molecule has 1 aromatic heterocycles. The molecule has 1 aromatic carbocycles. The Kier molecular flexibility index (Phi) is 5.93. The summed E-state index contributed by atoms with van der Waals surface area (Å²) in [4.78, 5) is 21.3. The molecule has 0 saturated carbocycles. The van der Waals surface area contributed by atoms with Gasteiger partial charge in [-0.1, -0.05) is 30.3 Å². The summed E-state index contributed by atoms with van der Waals surface area (Å²) in [6.45, 7) is 0.949. The van der Waals surface area contributed by atoms with Crippen LogP contribution in [0.3, 0.4) is 0 Å². The van der Waals surface area contributed by atoms with Crippen molar-refractivity contribution >= 4 is 5.91 Å². The zero-order valence-electron chi connectivity index (χ0n) is 14.7. The largest absolute Gasteiger partial charge is 0.458 e. The number of aromatic nitrogens is 2. The van der Waals surface area contributed by atoms with Crippen molar-refractivity contribution in [3.63, 3.8) is 0 Å². The summed E-state index contributed by atoms with van der Waals surface area (Å²) in [6, 6.07) is 10.2. The molecule has 1 amide bonds. The minimum Gasteiger partial charge on any atom is -0.458 e. The fraction of sp³-hybridized carbons (Fsp3) is 0.421. The van der Waals surface area contributed by atoms with Gasteiger partial charge in [0.05, 0.1) is 6.54 Å². The van der Waals surface area contributed by atoms with E-state index in [1.165, 1.54) is 0 Å². The number of aryl methyl sites for hydroxylation is 1. The molecule has 27 heavy (non-hydrogen) atoms. The molecule has 1 unspecified atom stereocenters. The number of halogens is 3. The Labute approximate surface area is 155 Å². The normalized spacial score (nSPS) is 17.6. The average molecular weight is 379 g/mol. The lowest BCUT2D eigenvalue weighted by molar-refractivity contribution is -0.141. The molecule has 2 heterocycles. The van der Waals surface area contributed by atoms with E-state index in [9.17, 15) is 18.0 Å². The molecule has 1 aliphatic rings. The predicted molar refractivity (Wildman–Crippen MR) is 92.0 cm³/mol. The number of benzene rings is 1. The van der Waals surface area contributed by atoms with E-state index >= 15 is 0 Å². The Balaban J connectivity index is 1.55. The molecule has 0 radical (unpaired) electrons. The summed E-state index contributed by atoms with van der Waals surface area (Å²) in [5.41, 5.74) is 0.0483. The van der Waals surface area contributed by atoms with Crippen molar-refractivity contribution in [2.45, 2.75) is 38.0 Å². The number of hydrogen-bond acceptors (Lipinski definition) is 4. The van der Waals surface area contributed by atoms with Crippen LogP contribution in [-0.2, 0) is 17.4 Å². The summed E-state index contributed by atoms with van der Waals surface area (Å²) in [7, 11) is 0. The molecule has 1 saturated heterocycles. The van der Waals surface area contributed by atoms with Gasteiger partial charge in [-0.3, -0.25) is 4.79 Å². The van der Waals surface area contributed by atoms with Gasteiger partial charge in [0, 0.05) is 19.2 Å². The van der Waals surface area contributed by atoms with Crippen molar-refractivity contribution < 1.29 is 22.7 Å². The van der Waals surface area contributed by atoms with Gasteiger partial charge in [0.2, 0.25) is 5.91 Å². The van der Waals surface area contributed by atoms with Crippen LogP contribution in [0.25, 0.3) is 0 Å². The number of likely N-dealkylation sites (tertiary alicyclic amines) is 1. The lowest BCUT2D eigenvalue weighted by atomic mass is 10.1. The number of carbonyl (C=O) groups excluding carboxylic acids is 1. The summed E-state index contributed by atoms with van der Waals surface area (Å²) >= 11 is 0. The van der Waals surface area contributed by atoms with Crippen molar-refractivity contribution in [3.8, 4) is 6.01 Å². The summed E-state index contributed by atoms with van der Waals surface area (Å²) in [5, 5.41) is 0. The number of rotatable bonds is 5. The molecule has 0 bridgehead atoms. The number of hydrogen-bond donors (Lipinski definition) is 0. The SMILES string of the molecule is O=C(CCc1ccccc1)N1CCCC(Oc2nccc(C(F)(F)F)n2)C1. The molecule has 1 aliphatic heterocycles. The van der Waals surface area contributed by atoms with E-state index in [2.05, 4.69) is 9.97 Å². The van der Waals surface area contributed by atoms with Gasteiger partial charge in [0.25, 0.3) is 0 Å². The molecule has 1 fully saturated rings. The van der Waals surface area contributed by atoms with E-state index in [4.69, 9.17) is 4.74 Å². The highest BCUT2D eigenvalue weighted by Crippen LogP contribution is 2.28. The smallest absolute Gasteiger partial charge is 0.433 e. The highest BCUT2D eigenvalue weighted by Gasteiger charge is 2.33. The van der Waals surface area contributed by atoms with Crippen molar-refractivity contribution in [2.75, 3.05) is 13.1 Å². The molecule has 0 spiro atoms. The Morgan fingerprint density at radius 1 is 1.22 bits per heavy atom. The van der Waals surface area contributed by atoms with Gasteiger partial charge in [-0.15, -0.1) is 0 Å². The van der Waals surface area contributed by atoms with Crippen LogP contribution < -0.4 is 4.74 Å². The molecule has 2 aromatic rings. The molecule has 144 valence electrons. The van der Waals surface area contributed by atoms with Crippen LogP contribution in [0.4, 0.5) is 13.2 Å². The first-order valence-electron chi connectivity index (χ1n) is 8.80. The second kappa shape index (κ2) is 8.37. The minimum atomic E-state index is -4.55. The molecule has 5 nitrogen and oxygen atoms in total. The second-order valence-corrected chi connectivity index (χ2v) is 6.43. The van der Waals surface area contributed by atoms with E-state index in [1.807, 2.05) is 30.3 Å². The average Bonchev–Trinajstić information content (AvgIpc) is 2.67. The van der Waals surface area contributed by atoms with Crippen molar-refractivity contribution in [1.82, 2.24) is 14.9 Å². The van der Waals surface area contributed by atoms with Gasteiger partial charge in [-0.2, -0.15) is 18.2 Å². The van der Waals surface area contributed by atoms with Gasteiger partial charge in [-0.25, -0.2) is 4.98 Å². The van der Waals surface area contributed by atoms with E-state index in [1.54, 1.807) is 4.90 Å². The molecule has 3 rings (SSSR count). The standard InChI is InChI=1S/C19H20F3N3O2/c20-19(21,22)16-10-11-23-18(24-16)27-15-7-4-12-25(13-15)17(26)9-8-14-5-2-1-3-6-14/h1-3,5-6,10-11,15H,4,7-9,12-13H2. The number of alkyl halides is 3. The molecular weight excluding hydrogens is 359 g/mol. The van der Waals surface area contributed by atoms with E-state index in [0.717, 1.165) is 24.2 Å². The van der Waals surface area contributed by atoms with E-state index in [-0.39, 0.29) is 11.9 Å². The predicted octanol–water partition coefficient (Wildman–Crippen LogP) is 3.50. The van der Waals surface area contributed by atoms with Crippen molar-refractivity contribution in [1.29, 1.82) is 0 Å². The number of nitrogens with zero attached hydrogens (tertiary/aromatic N) is 3. The molecule has 0 N–H and O–H groups in total. The summed E-state index contributed by atoms with van der Waals surface area (Å²) in [5.74, 6) is 0.0112. The van der Waals surface area contributed by atoms with Gasteiger partial charge in [-0.05, 0) is 30.9 Å². The fourth-order valence-electron chi connectivity index (χ4n) is 3.02. The minimum absolute atomic E-state index is 0.0112. The molecule has 1 atom stereocenters. The first-order chi connectivity index (χ1) is 12.9. The monoisotopic (exact) mass is 379 g/mol. The van der Waals surface area contributed by atoms with Gasteiger partial charge in [0.15, 0.2) is 5.69 Å². The zero-order chi connectivity index (χ0) is 19.3. The van der Waals surface area contributed by atoms with Crippen LogP contribution in [-0.4, -0.2) is 40.0 Å². The van der Waals surface area contributed by atoms with Crippen LogP contribution in [0.5, 0.6) is 6.01 Å². The lowest BCUT2D eigenvalue weighted by Gasteiger charge is -2.32. The second-order valence-electron chi connectivity index (χ2n) is 6.43. The van der Waals surface area contributed by atoms with Gasteiger partial charge < -0.3 is 9.64 Å². The lowest BCUT2D eigenvalue weighted by Crippen LogP contribution is -2.44. The van der Waals surface area contributed by atoms with Gasteiger partial charge in [0.1, 0.15) is 6.10 Å². The summed E-state index contributed by atoms with van der Waals surface area (Å²) in [6.07, 6.45) is -1.54. The third-order valence-electron chi connectivity index (χ3n) is 4.40. The maximum absolute atomic E-state index is 12.7. The Hall–Kier alpha value is -2.64. The van der Waals surface area contributed by atoms with Crippen LogP contribution in [0.1, 0.15) is 30.5 Å². The van der Waals surface area contributed by atoms with E-state index in [0.29, 0.717) is 32.4 Å². The third kappa shape index (κ3) is 5.42. The number of piperidine rings is 1. The maximum atomic E-state index is 12.7. The molecular formula is C19H20F3N3O2. The van der Waals surface area contributed by atoms with Crippen molar-refractivity contribution in [3.05, 3.63) is 53.9 Å². The zero-order valence-corrected chi connectivity index (χ0v) is 14.7. The third-order valence-corrected chi connectivity index (χ3v) is 4.40. The Morgan fingerprint density at radius 2 is 2.00 bits per heavy atom. The fourth-order valence-corrected chi connectivity index (χ4v) is 3.02. The number of ether oxygens (including phenoxy) is 1. The highest BCUT2D eigenvalue weighted by atomic mass is 19.4. The molecule has 0 aliphatic carbocycles. The van der Waals surface area contributed by atoms with Gasteiger partial charge >= 0.3 is 12.2 Å². The van der Waals surface area contributed by atoms with E-state index < -0.39 is 18.0 Å². The van der Waals surface area contributed by atoms with Crippen LogP contribution >= 0.6 is 0 Å².